The number of aliphatic carboxylic acids is 1. The Hall–Kier alpha value is -3.30. The number of hydrogen-bond acceptors (Lipinski definition) is 6. The molecule has 0 aliphatic heterocycles. The highest BCUT2D eigenvalue weighted by molar-refractivity contribution is 6.30. The molecule has 33 heavy (non-hydrogen) atoms. The largest absolute Gasteiger partial charge is 0.494 e. The third kappa shape index (κ3) is 10.2. The van der Waals surface area contributed by atoms with Gasteiger partial charge in [0.25, 0.3) is 5.91 Å². The maximum absolute atomic E-state index is 12.6. The normalized spacial score (nSPS) is 11.3. The summed E-state index contributed by atoms with van der Waals surface area (Å²) in [5.41, 5.74) is 1.31. The molecule has 0 radical (unpaired) electrons. The van der Waals surface area contributed by atoms with Gasteiger partial charge in [-0.1, -0.05) is 23.7 Å². The number of hydrogen-bond donors (Lipinski definition) is 4. The molecular weight excluding hydrogens is 450 g/mol. The Bertz CT molecular complexity index is 923. The molecule has 2 aromatic carbocycles. The van der Waals surface area contributed by atoms with E-state index in [2.05, 4.69) is 16.0 Å². The molecule has 2 rings (SSSR count). The van der Waals surface area contributed by atoms with Gasteiger partial charge in [-0.25, -0.2) is 0 Å². The van der Waals surface area contributed by atoms with Crippen molar-refractivity contribution in [3.05, 3.63) is 59.1 Å². The van der Waals surface area contributed by atoms with Crippen molar-refractivity contribution in [2.45, 2.75) is 25.4 Å². The number of nitrogens with one attached hydrogen (secondary N) is 3. The summed E-state index contributed by atoms with van der Waals surface area (Å²) in [6, 6.07) is 13.7. The highest BCUT2D eigenvalue weighted by Gasteiger charge is 2.20. The second kappa shape index (κ2) is 14.0. The summed E-state index contributed by atoms with van der Waals surface area (Å²) in [7, 11) is 1.53. The van der Waals surface area contributed by atoms with E-state index in [0.717, 1.165) is 5.56 Å². The van der Waals surface area contributed by atoms with Crippen LogP contribution in [0.15, 0.2) is 48.5 Å². The van der Waals surface area contributed by atoms with Crippen molar-refractivity contribution in [1.82, 2.24) is 10.6 Å². The maximum atomic E-state index is 12.6. The minimum Gasteiger partial charge on any atom is -0.494 e. The standard InChI is InChI=1S/C23H28ClN3O6/c1-32-13-11-25-23(31)22(27-20(28)15-16-4-2-5-17(24)14-16)26-18-7-9-19(10-8-18)33-12-3-6-21(29)30/h2,4-5,7-10,14,22,26H,3,6,11-13,15H2,1H3,(H,25,31)(H,27,28)(H,29,30). The van der Waals surface area contributed by atoms with Crippen LogP contribution < -0.4 is 20.7 Å². The first kappa shape index (κ1) is 26.0. The lowest BCUT2D eigenvalue weighted by molar-refractivity contribution is -0.137. The topological polar surface area (TPSA) is 126 Å². The molecule has 2 amide bonds. The van der Waals surface area contributed by atoms with Gasteiger partial charge in [0.05, 0.1) is 19.6 Å². The molecule has 9 nitrogen and oxygen atoms in total. The molecule has 0 aliphatic rings. The molecule has 1 unspecified atom stereocenters. The number of carbonyl (C=O) groups excluding carboxylic acids is 2. The third-order valence-electron chi connectivity index (χ3n) is 4.40. The van der Waals surface area contributed by atoms with Crippen molar-refractivity contribution in [2.24, 2.45) is 0 Å². The second-order valence-corrected chi connectivity index (χ2v) is 7.54. The molecule has 10 heteroatoms. The number of halogens is 1. The molecule has 0 spiro atoms. The first-order valence-electron chi connectivity index (χ1n) is 10.4. The summed E-state index contributed by atoms with van der Waals surface area (Å²) in [4.78, 5) is 35.7. The molecule has 4 N–H and O–H groups in total. The Morgan fingerprint density at radius 3 is 2.52 bits per heavy atom. The number of benzene rings is 2. The van der Waals surface area contributed by atoms with Crippen molar-refractivity contribution in [3.63, 3.8) is 0 Å². The molecule has 0 saturated carbocycles. The number of amides is 2. The molecule has 2 aromatic rings. The Morgan fingerprint density at radius 2 is 1.85 bits per heavy atom. The first-order chi connectivity index (χ1) is 15.9. The fourth-order valence-electron chi connectivity index (χ4n) is 2.82. The second-order valence-electron chi connectivity index (χ2n) is 7.11. The van der Waals surface area contributed by atoms with Crippen LogP contribution in [-0.2, 0) is 25.5 Å². The van der Waals surface area contributed by atoms with Gasteiger partial charge in [0.1, 0.15) is 5.75 Å². The van der Waals surface area contributed by atoms with Gasteiger partial charge in [-0.3, -0.25) is 14.4 Å². The zero-order chi connectivity index (χ0) is 24.1. The first-order valence-corrected chi connectivity index (χ1v) is 10.8. The van der Waals surface area contributed by atoms with Crippen molar-refractivity contribution < 1.29 is 29.0 Å². The highest BCUT2D eigenvalue weighted by Crippen LogP contribution is 2.17. The SMILES string of the molecule is COCCNC(=O)C(NC(=O)Cc1cccc(Cl)c1)Nc1ccc(OCCCC(=O)O)cc1. The molecule has 0 heterocycles. The van der Waals surface area contributed by atoms with E-state index in [1.54, 1.807) is 48.5 Å². The monoisotopic (exact) mass is 477 g/mol. The van der Waals surface area contributed by atoms with E-state index in [1.165, 1.54) is 7.11 Å². The summed E-state index contributed by atoms with van der Waals surface area (Å²) in [6.45, 7) is 0.910. The Labute approximate surface area is 197 Å². The minimum atomic E-state index is -1.02. The predicted octanol–water partition coefficient (Wildman–Crippen LogP) is 2.44. The summed E-state index contributed by atoms with van der Waals surface area (Å²) in [6.07, 6.45) is -0.518. The van der Waals surface area contributed by atoms with E-state index in [9.17, 15) is 14.4 Å². The van der Waals surface area contributed by atoms with E-state index < -0.39 is 18.0 Å². The summed E-state index contributed by atoms with van der Waals surface area (Å²) in [5, 5.41) is 17.6. The number of carboxylic acids is 1. The van der Waals surface area contributed by atoms with Crippen molar-refractivity contribution in [1.29, 1.82) is 0 Å². The van der Waals surface area contributed by atoms with Crippen LogP contribution in [0.1, 0.15) is 18.4 Å². The smallest absolute Gasteiger partial charge is 0.303 e. The molecule has 0 aromatic heterocycles. The lowest BCUT2D eigenvalue weighted by Crippen LogP contribution is -2.52. The average Bonchev–Trinajstić information content (AvgIpc) is 2.77. The van der Waals surface area contributed by atoms with Gasteiger partial charge in [0, 0.05) is 30.8 Å². The van der Waals surface area contributed by atoms with Gasteiger partial charge in [0.2, 0.25) is 5.91 Å². The molecular formula is C23H28ClN3O6. The Kier molecular flexibility index (Phi) is 11.0. The summed E-state index contributed by atoms with van der Waals surface area (Å²) < 4.78 is 10.5. The molecule has 178 valence electrons. The predicted molar refractivity (Wildman–Crippen MR) is 124 cm³/mol. The van der Waals surface area contributed by atoms with Crippen LogP contribution in [0.5, 0.6) is 5.75 Å². The molecule has 0 aliphatic carbocycles. The number of anilines is 1. The van der Waals surface area contributed by atoms with Crippen molar-refractivity contribution in [2.75, 3.05) is 32.2 Å². The van der Waals surface area contributed by atoms with Crippen LogP contribution in [0.4, 0.5) is 5.69 Å². The van der Waals surface area contributed by atoms with Gasteiger partial charge < -0.3 is 30.5 Å². The quantitative estimate of drug-likeness (QED) is 0.243. The third-order valence-corrected chi connectivity index (χ3v) is 4.63. The van der Waals surface area contributed by atoms with Gasteiger partial charge in [-0.15, -0.1) is 0 Å². The van der Waals surface area contributed by atoms with E-state index in [0.29, 0.717) is 36.0 Å². The zero-order valence-corrected chi connectivity index (χ0v) is 19.1. The lowest BCUT2D eigenvalue weighted by atomic mass is 10.1. The number of carbonyl (C=O) groups is 3. The summed E-state index contributed by atoms with van der Waals surface area (Å²) >= 11 is 5.97. The summed E-state index contributed by atoms with van der Waals surface area (Å²) in [5.74, 6) is -1.07. The number of methoxy groups -OCH3 is 1. The van der Waals surface area contributed by atoms with Crippen LogP contribution in [0.2, 0.25) is 5.02 Å². The fraction of sp³-hybridized carbons (Fsp3) is 0.348. The van der Waals surface area contributed by atoms with Gasteiger partial charge in [-0.05, 0) is 48.4 Å². The van der Waals surface area contributed by atoms with Crippen molar-refractivity contribution in [3.8, 4) is 5.75 Å². The Balaban J connectivity index is 1.98. The molecule has 1 atom stereocenters. The zero-order valence-electron chi connectivity index (χ0n) is 18.3. The van der Waals surface area contributed by atoms with Crippen LogP contribution in [0.25, 0.3) is 0 Å². The van der Waals surface area contributed by atoms with Gasteiger partial charge in [-0.2, -0.15) is 0 Å². The van der Waals surface area contributed by atoms with Crippen LogP contribution in [-0.4, -0.2) is 55.9 Å². The lowest BCUT2D eigenvalue weighted by Gasteiger charge is -2.21. The highest BCUT2D eigenvalue weighted by atomic mass is 35.5. The van der Waals surface area contributed by atoms with E-state index >= 15 is 0 Å². The number of ether oxygens (including phenoxy) is 2. The minimum absolute atomic E-state index is 0.0361. The Morgan fingerprint density at radius 1 is 1.09 bits per heavy atom. The van der Waals surface area contributed by atoms with E-state index in [1.807, 2.05) is 0 Å². The maximum Gasteiger partial charge on any atom is 0.303 e. The van der Waals surface area contributed by atoms with Gasteiger partial charge in [0.15, 0.2) is 6.17 Å². The number of rotatable bonds is 14. The number of carboxylic acid groups (broad SMARTS) is 1. The average molecular weight is 478 g/mol. The molecule has 0 saturated heterocycles. The molecule has 0 fully saturated rings. The van der Waals surface area contributed by atoms with Crippen LogP contribution >= 0.6 is 11.6 Å². The van der Waals surface area contributed by atoms with Gasteiger partial charge >= 0.3 is 5.97 Å². The fourth-order valence-corrected chi connectivity index (χ4v) is 3.03. The van der Waals surface area contributed by atoms with E-state index in [-0.39, 0.29) is 25.4 Å². The van der Waals surface area contributed by atoms with E-state index in [4.69, 9.17) is 26.2 Å². The van der Waals surface area contributed by atoms with Crippen molar-refractivity contribution >= 4 is 35.1 Å². The van der Waals surface area contributed by atoms with Crippen LogP contribution in [0.3, 0.4) is 0 Å². The molecule has 0 bridgehead atoms. The van der Waals surface area contributed by atoms with Crippen LogP contribution in [0, 0.1) is 0 Å².